The monoisotopic (exact) mass is 304 g/mol. The van der Waals surface area contributed by atoms with E-state index in [1.807, 2.05) is 36.4 Å². The van der Waals surface area contributed by atoms with Gasteiger partial charge < -0.3 is 15.4 Å². The number of methoxy groups -OCH3 is 1. The van der Waals surface area contributed by atoms with Crippen molar-refractivity contribution < 1.29 is 9.53 Å². The van der Waals surface area contributed by atoms with Crippen molar-refractivity contribution in [3.8, 4) is 5.75 Å². The van der Waals surface area contributed by atoms with Crippen molar-refractivity contribution >= 4 is 28.9 Å². The number of amides is 1. The minimum absolute atomic E-state index is 0.0938. The summed E-state index contributed by atoms with van der Waals surface area (Å²) >= 11 is 6.01. The molecule has 110 valence electrons. The molecule has 0 aliphatic heterocycles. The van der Waals surface area contributed by atoms with Crippen molar-refractivity contribution in [3.63, 3.8) is 0 Å². The van der Waals surface area contributed by atoms with Gasteiger partial charge in [-0.3, -0.25) is 4.79 Å². The Morgan fingerprint density at radius 3 is 2.67 bits per heavy atom. The zero-order valence-electron chi connectivity index (χ0n) is 11.9. The zero-order valence-corrected chi connectivity index (χ0v) is 12.7. The lowest BCUT2D eigenvalue weighted by atomic mass is 10.2. The number of rotatable bonds is 5. The van der Waals surface area contributed by atoms with E-state index in [1.54, 1.807) is 13.2 Å². The van der Waals surface area contributed by atoms with Crippen molar-refractivity contribution in [2.45, 2.75) is 13.5 Å². The van der Waals surface area contributed by atoms with Crippen LogP contribution in [0.2, 0.25) is 5.02 Å². The second-order valence-electron chi connectivity index (χ2n) is 4.57. The van der Waals surface area contributed by atoms with Crippen LogP contribution < -0.4 is 15.4 Å². The first-order valence-corrected chi connectivity index (χ1v) is 6.90. The molecule has 0 aliphatic rings. The van der Waals surface area contributed by atoms with E-state index in [0.29, 0.717) is 11.6 Å². The molecule has 5 heteroatoms. The van der Waals surface area contributed by atoms with E-state index < -0.39 is 0 Å². The fraction of sp³-hybridized carbons (Fsp3) is 0.188. The van der Waals surface area contributed by atoms with Crippen molar-refractivity contribution in [1.82, 2.24) is 0 Å². The standard InChI is InChI=1S/C16H17ClN2O2/c1-11(20)19-15-5-3-4-14(9-15)18-10-12-8-13(17)6-7-16(12)21-2/h3-9,18H,10H2,1-2H3,(H,19,20). The molecule has 0 aliphatic carbocycles. The summed E-state index contributed by atoms with van der Waals surface area (Å²) in [6.07, 6.45) is 0. The normalized spacial score (nSPS) is 10.0. The smallest absolute Gasteiger partial charge is 0.221 e. The van der Waals surface area contributed by atoms with E-state index in [0.717, 1.165) is 22.7 Å². The lowest BCUT2D eigenvalue weighted by Crippen LogP contribution is -2.06. The molecule has 1 amide bonds. The molecule has 0 aromatic heterocycles. The Hall–Kier alpha value is -2.20. The number of anilines is 2. The van der Waals surface area contributed by atoms with Crippen LogP contribution in [0.5, 0.6) is 5.75 Å². The first-order valence-electron chi connectivity index (χ1n) is 6.52. The highest BCUT2D eigenvalue weighted by Gasteiger charge is 2.04. The van der Waals surface area contributed by atoms with Gasteiger partial charge in [0.2, 0.25) is 5.91 Å². The average molecular weight is 305 g/mol. The molecular formula is C16H17ClN2O2. The summed E-state index contributed by atoms with van der Waals surface area (Å²) in [4.78, 5) is 11.1. The van der Waals surface area contributed by atoms with E-state index in [2.05, 4.69) is 10.6 Å². The molecule has 21 heavy (non-hydrogen) atoms. The summed E-state index contributed by atoms with van der Waals surface area (Å²) in [6, 6.07) is 13.0. The second-order valence-corrected chi connectivity index (χ2v) is 5.01. The van der Waals surface area contributed by atoms with Gasteiger partial charge >= 0.3 is 0 Å². The van der Waals surface area contributed by atoms with Crippen molar-refractivity contribution in [1.29, 1.82) is 0 Å². The second kappa shape index (κ2) is 6.99. The predicted molar refractivity (Wildman–Crippen MR) is 86.1 cm³/mol. The van der Waals surface area contributed by atoms with Crippen LogP contribution in [-0.2, 0) is 11.3 Å². The van der Waals surface area contributed by atoms with Crippen LogP contribution in [-0.4, -0.2) is 13.0 Å². The summed E-state index contributed by atoms with van der Waals surface area (Å²) in [6.45, 7) is 2.06. The Morgan fingerprint density at radius 1 is 1.19 bits per heavy atom. The molecule has 4 nitrogen and oxygen atoms in total. The number of benzene rings is 2. The zero-order chi connectivity index (χ0) is 15.2. The van der Waals surface area contributed by atoms with Crippen molar-refractivity contribution in [3.05, 3.63) is 53.1 Å². The van der Waals surface area contributed by atoms with E-state index in [1.165, 1.54) is 6.92 Å². The first-order chi connectivity index (χ1) is 10.1. The summed E-state index contributed by atoms with van der Waals surface area (Å²) in [7, 11) is 1.63. The van der Waals surface area contributed by atoms with Crippen molar-refractivity contribution in [2.75, 3.05) is 17.7 Å². The van der Waals surface area contributed by atoms with Crippen LogP contribution in [0.3, 0.4) is 0 Å². The van der Waals surface area contributed by atoms with Gasteiger partial charge in [-0.1, -0.05) is 17.7 Å². The van der Waals surface area contributed by atoms with Gasteiger partial charge in [-0.05, 0) is 36.4 Å². The topological polar surface area (TPSA) is 50.4 Å². The van der Waals surface area contributed by atoms with Crippen LogP contribution >= 0.6 is 11.6 Å². The SMILES string of the molecule is COc1ccc(Cl)cc1CNc1cccc(NC(C)=O)c1. The molecule has 0 saturated heterocycles. The molecule has 0 fully saturated rings. The third-order valence-corrected chi connectivity index (χ3v) is 3.14. The summed E-state index contributed by atoms with van der Waals surface area (Å²) in [5.41, 5.74) is 2.63. The predicted octanol–water partition coefficient (Wildman–Crippen LogP) is 3.92. The van der Waals surface area contributed by atoms with E-state index in [-0.39, 0.29) is 5.91 Å². The molecule has 2 aromatic rings. The molecule has 2 aromatic carbocycles. The summed E-state index contributed by atoms with van der Waals surface area (Å²) < 4.78 is 5.31. The minimum Gasteiger partial charge on any atom is -0.496 e. The Kier molecular flexibility index (Phi) is 5.06. The van der Waals surface area contributed by atoms with E-state index in [9.17, 15) is 4.79 Å². The Bertz CT molecular complexity index is 644. The third-order valence-electron chi connectivity index (χ3n) is 2.91. The molecule has 0 atom stereocenters. The Morgan fingerprint density at radius 2 is 1.95 bits per heavy atom. The third kappa shape index (κ3) is 4.39. The molecular weight excluding hydrogens is 288 g/mol. The number of hydrogen-bond acceptors (Lipinski definition) is 3. The van der Waals surface area contributed by atoms with Gasteiger partial charge in [0, 0.05) is 35.4 Å². The summed E-state index contributed by atoms with van der Waals surface area (Å²) in [5.74, 6) is 0.688. The van der Waals surface area contributed by atoms with Gasteiger partial charge in [0.1, 0.15) is 5.75 Å². The quantitative estimate of drug-likeness (QED) is 0.880. The van der Waals surface area contributed by atoms with Gasteiger partial charge in [0.15, 0.2) is 0 Å². The van der Waals surface area contributed by atoms with Gasteiger partial charge in [0.25, 0.3) is 0 Å². The highest BCUT2D eigenvalue weighted by molar-refractivity contribution is 6.30. The van der Waals surface area contributed by atoms with Gasteiger partial charge in [-0.25, -0.2) is 0 Å². The number of halogens is 1. The minimum atomic E-state index is -0.0938. The largest absolute Gasteiger partial charge is 0.496 e. The fourth-order valence-electron chi connectivity index (χ4n) is 1.99. The number of carbonyl (C=O) groups is 1. The highest BCUT2D eigenvalue weighted by Crippen LogP contribution is 2.24. The lowest BCUT2D eigenvalue weighted by molar-refractivity contribution is -0.114. The van der Waals surface area contributed by atoms with E-state index >= 15 is 0 Å². The lowest BCUT2D eigenvalue weighted by Gasteiger charge is -2.12. The van der Waals surface area contributed by atoms with Gasteiger partial charge in [-0.15, -0.1) is 0 Å². The van der Waals surface area contributed by atoms with Crippen LogP contribution in [0.1, 0.15) is 12.5 Å². The molecule has 0 saturated carbocycles. The fourth-order valence-corrected chi connectivity index (χ4v) is 2.19. The molecule has 2 N–H and O–H groups in total. The van der Waals surface area contributed by atoms with E-state index in [4.69, 9.17) is 16.3 Å². The molecule has 0 spiro atoms. The number of hydrogen-bond donors (Lipinski definition) is 2. The van der Waals surface area contributed by atoms with Crippen LogP contribution in [0.25, 0.3) is 0 Å². The molecule has 0 radical (unpaired) electrons. The van der Waals surface area contributed by atoms with Crippen molar-refractivity contribution in [2.24, 2.45) is 0 Å². The maximum absolute atomic E-state index is 11.1. The van der Waals surface area contributed by atoms with Gasteiger partial charge in [0.05, 0.1) is 7.11 Å². The summed E-state index contributed by atoms with van der Waals surface area (Å²) in [5, 5.41) is 6.70. The first kappa shape index (κ1) is 15.2. The highest BCUT2D eigenvalue weighted by atomic mass is 35.5. The molecule has 0 bridgehead atoms. The maximum atomic E-state index is 11.1. The van der Waals surface area contributed by atoms with Crippen LogP contribution in [0, 0.1) is 0 Å². The maximum Gasteiger partial charge on any atom is 0.221 e. The molecule has 0 unspecified atom stereocenters. The van der Waals surface area contributed by atoms with Crippen LogP contribution in [0.15, 0.2) is 42.5 Å². The number of ether oxygens (including phenoxy) is 1. The molecule has 0 heterocycles. The van der Waals surface area contributed by atoms with Crippen LogP contribution in [0.4, 0.5) is 11.4 Å². The average Bonchev–Trinajstić information content (AvgIpc) is 2.45. The number of carbonyl (C=O) groups excluding carboxylic acids is 1. The van der Waals surface area contributed by atoms with Gasteiger partial charge in [-0.2, -0.15) is 0 Å². The Balaban J connectivity index is 2.09. The number of nitrogens with one attached hydrogen (secondary N) is 2. The Labute approximate surface area is 129 Å². The molecule has 2 rings (SSSR count).